The number of hydrogen-bond donors (Lipinski definition) is 4. The Labute approximate surface area is 108 Å². The van der Waals surface area contributed by atoms with Crippen molar-refractivity contribution in [1.29, 1.82) is 0 Å². The highest BCUT2D eigenvalue weighted by molar-refractivity contribution is 5.60. The number of rotatable bonds is 4. The van der Waals surface area contributed by atoms with Crippen LogP contribution in [0.15, 0.2) is 18.5 Å². The minimum Gasteiger partial charge on any atom is -0.396 e. The molecule has 4 N–H and O–H groups in total. The molecule has 19 heavy (non-hydrogen) atoms. The molecule has 104 valence electrons. The molecule has 1 fully saturated rings. The fourth-order valence-electron chi connectivity index (χ4n) is 2.30. The van der Waals surface area contributed by atoms with Crippen LogP contribution in [0.25, 0.3) is 0 Å². The van der Waals surface area contributed by atoms with E-state index in [1.54, 1.807) is 0 Å². The van der Waals surface area contributed by atoms with E-state index in [9.17, 15) is 20.3 Å². The van der Waals surface area contributed by atoms with Gasteiger partial charge in [0, 0.05) is 18.7 Å². The van der Waals surface area contributed by atoms with Gasteiger partial charge < -0.3 is 20.6 Å². The summed E-state index contributed by atoms with van der Waals surface area (Å²) in [7, 11) is 0. The van der Waals surface area contributed by atoms with Gasteiger partial charge in [-0.25, -0.2) is 0 Å². The predicted octanol–water partition coefficient (Wildman–Crippen LogP) is -0.496. The normalized spacial score (nSPS) is 30.3. The molecule has 0 spiro atoms. The highest BCUT2D eigenvalue weighted by Gasteiger charge is 2.41. The number of hydrogen-bond acceptors (Lipinski definition) is 7. The van der Waals surface area contributed by atoms with Crippen LogP contribution in [0.3, 0.4) is 0 Å². The van der Waals surface area contributed by atoms with E-state index in [0.717, 1.165) is 6.20 Å². The first-order valence-corrected chi connectivity index (χ1v) is 5.86. The maximum absolute atomic E-state index is 10.8. The van der Waals surface area contributed by atoms with E-state index in [2.05, 4.69) is 10.3 Å². The summed E-state index contributed by atoms with van der Waals surface area (Å²) in [5, 5.41) is 42.3. The van der Waals surface area contributed by atoms with Gasteiger partial charge in [0.05, 0.1) is 17.1 Å². The molecule has 0 bridgehead atoms. The zero-order valence-electron chi connectivity index (χ0n) is 10.0. The lowest BCUT2D eigenvalue weighted by Gasteiger charge is -2.18. The zero-order valence-corrected chi connectivity index (χ0v) is 10.0. The van der Waals surface area contributed by atoms with Gasteiger partial charge in [0.1, 0.15) is 18.0 Å². The maximum Gasteiger partial charge on any atom is 0.310 e. The van der Waals surface area contributed by atoms with Gasteiger partial charge in [0.2, 0.25) is 0 Å². The zero-order chi connectivity index (χ0) is 14.0. The minimum absolute atomic E-state index is 0.198. The molecule has 8 nitrogen and oxygen atoms in total. The van der Waals surface area contributed by atoms with Crippen LogP contribution in [0.5, 0.6) is 0 Å². The summed E-state index contributed by atoms with van der Waals surface area (Å²) in [4.78, 5) is 13.9. The third kappa shape index (κ3) is 2.65. The summed E-state index contributed by atoms with van der Waals surface area (Å²) >= 11 is 0. The number of anilines is 1. The van der Waals surface area contributed by atoms with Crippen LogP contribution in [0, 0.1) is 16.0 Å². The Morgan fingerprint density at radius 1 is 1.47 bits per heavy atom. The van der Waals surface area contributed by atoms with Crippen molar-refractivity contribution in [3.8, 4) is 0 Å². The lowest BCUT2D eigenvalue weighted by atomic mass is 10.1. The van der Waals surface area contributed by atoms with Crippen molar-refractivity contribution >= 4 is 11.4 Å². The standard InChI is InChI=1S/C11H15N3O5/c15-5-6-3-8(11(17)10(6)16)13-7-1-2-12-4-9(7)14(18)19/h1-2,4,6,8,10-11,15-17H,3,5H2,(H,12,13)/t6-,8-,10-,11+/m1/s1. The van der Waals surface area contributed by atoms with Gasteiger partial charge in [-0.1, -0.05) is 0 Å². The summed E-state index contributed by atoms with van der Waals surface area (Å²) in [6.45, 7) is -0.241. The second-order valence-electron chi connectivity index (χ2n) is 4.56. The van der Waals surface area contributed by atoms with Crippen LogP contribution in [-0.2, 0) is 0 Å². The van der Waals surface area contributed by atoms with Gasteiger partial charge >= 0.3 is 5.69 Å². The molecule has 0 amide bonds. The molecule has 0 aliphatic heterocycles. The van der Waals surface area contributed by atoms with Crippen molar-refractivity contribution in [2.24, 2.45) is 5.92 Å². The van der Waals surface area contributed by atoms with Gasteiger partial charge in [-0.2, -0.15) is 0 Å². The summed E-state index contributed by atoms with van der Waals surface area (Å²) in [6, 6.07) is 0.886. The monoisotopic (exact) mass is 269 g/mol. The number of aromatic nitrogens is 1. The van der Waals surface area contributed by atoms with E-state index in [0.29, 0.717) is 6.42 Å². The van der Waals surface area contributed by atoms with E-state index < -0.39 is 29.1 Å². The summed E-state index contributed by atoms with van der Waals surface area (Å²) in [6.07, 6.45) is 0.728. The Balaban J connectivity index is 2.16. The molecule has 0 radical (unpaired) electrons. The third-order valence-electron chi connectivity index (χ3n) is 3.37. The predicted molar refractivity (Wildman–Crippen MR) is 65.5 cm³/mol. The Kier molecular flexibility index (Phi) is 3.93. The Bertz CT molecular complexity index is 469. The maximum atomic E-state index is 10.8. The van der Waals surface area contributed by atoms with Gasteiger partial charge in [0.25, 0.3) is 0 Å². The molecule has 4 atom stereocenters. The van der Waals surface area contributed by atoms with Crippen molar-refractivity contribution in [3.63, 3.8) is 0 Å². The van der Waals surface area contributed by atoms with E-state index in [4.69, 9.17) is 5.11 Å². The highest BCUT2D eigenvalue weighted by Crippen LogP contribution is 2.31. The van der Waals surface area contributed by atoms with Crippen molar-refractivity contribution in [2.45, 2.75) is 24.7 Å². The third-order valence-corrected chi connectivity index (χ3v) is 3.37. The fourth-order valence-corrected chi connectivity index (χ4v) is 2.30. The number of nitrogens with one attached hydrogen (secondary N) is 1. The quantitative estimate of drug-likeness (QED) is 0.428. The average Bonchev–Trinajstić information content (AvgIpc) is 2.67. The fraction of sp³-hybridized carbons (Fsp3) is 0.545. The first kappa shape index (κ1) is 13.7. The number of pyridine rings is 1. The smallest absolute Gasteiger partial charge is 0.310 e. The second kappa shape index (κ2) is 5.47. The molecule has 1 heterocycles. The van der Waals surface area contributed by atoms with Crippen molar-refractivity contribution in [2.75, 3.05) is 11.9 Å². The highest BCUT2D eigenvalue weighted by atomic mass is 16.6. The molecule has 1 aromatic heterocycles. The number of nitrogens with zero attached hydrogens (tertiary/aromatic N) is 2. The number of aliphatic hydroxyl groups excluding tert-OH is 3. The molecule has 2 rings (SSSR count). The van der Waals surface area contributed by atoms with Crippen LogP contribution in [0.2, 0.25) is 0 Å². The Morgan fingerprint density at radius 2 is 2.21 bits per heavy atom. The minimum atomic E-state index is -1.08. The summed E-state index contributed by atoms with van der Waals surface area (Å²) < 4.78 is 0. The van der Waals surface area contributed by atoms with E-state index in [1.165, 1.54) is 12.3 Å². The van der Waals surface area contributed by atoms with E-state index >= 15 is 0 Å². The molecular formula is C11H15N3O5. The van der Waals surface area contributed by atoms with Crippen molar-refractivity contribution < 1.29 is 20.2 Å². The molecule has 0 unspecified atom stereocenters. The van der Waals surface area contributed by atoms with E-state index in [1.807, 2.05) is 0 Å². The van der Waals surface area contributed by atoms with Gasteiger partial charge in [-0.05, 0) is 12.5 Å². The first-order valence-electron chi connectivity index (χ1n) is 5.86. The topological polar surface area (TPSA) is 129 Å². The lowest BCUT2D eigenvalue weighted by molar-refractivity contribution is -0.384. The van der Waals surface area contributed by atoms with Gasteiger partial charge in [0.15, 0.2) is 0 Å². The molecular weight excluding hydrogens is 254 g/mol. The van der Waals surface area contributed by atoms with Crippen LogP contribution < -0.4 is 5.32 Å². The number of aliphatic hydroxyl groups is 3. The average molecular weight is 269 g/mol. The number of nitro groups is 1. The van der Waals surface area contributed by atoms with Crippen molar-refractivity contribution in [1.82, 2.24) is 4.98 Å². The SMILES string of the molecule is O=[N+]([O-])c1cnccc1N[C@@H]1C[C@H](CO)[C@@H](O)[C@H]1O. The summed E-state index contributed by atoms with van der Waals surface area (Å²) in [5.74, 6) is -0.437. The molecule has 1 saturated carbocycles. The molecule has 1 aromatic rings. The van der Waals surface area contributed by atoms with E-state index in [-0.39, 0.29) is 18.0 Å². The van der Waals surface area contributed by atoms with Gasteiger partial charge in [-0.3, -0.25) is 15.1 Å². The van der Waals surface area contributed by atoms with Crippen LogP contribution in [0.1, 0.15) is 6.42 Å². The Hall–Kier alpha value is -1.77. The molecule has 0 aromatic carbocycles. The largest absolute Gasteiger partial charge is 0.396 e. The lowest BCUT2D eigenvalue weighted by Crippen LogP contribution is -2.35. The van der Waals surface area contributed by atoms with Crippen LogP contribution in [-0.4, -0.2) is 50.1 Å². The second-order valence-corrected chi connectivity index (χ2v) is 4.56. The van der Waals surface area contributed by atoms with Gasteiger partial charge in [-0.15, -0.1) is 0 Å². The van der Waals surface area contributed by atoms with Crippen LogP contribution >= 0.6 is 0 Å². The van der Waals surface area contributed by atoms with Crippen LogP contribution in [0.4, 0.5) is 11.4 Å². The Morgan fingerprint density at radius 3 is 2.79 bits per heavy atom. The first-order chi connectivity index (χ1) is 9.04. The molecule has 1 aliphatic carbocycles. The molecule has 0 saturated heterocycles. The summed E-state index contributed by atoms with van der Waals surface area (Å²) in [5.41, 5.74) is 0.0338. The molecule has 8 heteroatoms. The molecule has 1 aliphatic rings. The van der Waals surface area contributed by atoms with Crippen molar-refractivity contribution in [3.05, 3.63) is 28.6 Å².